The molecule has 0 fully saturated rings. The molecule has 0 aliphatic carbocycles. The Hall–Kier alpha value is -3.03. The molecule has 2 heterocycles. The van der Waals surface area contributed by atoms with Gasteiger partial charge in [-0.25, -0.2) is 9.79 Å². The summed E-state index contributed by atoms with van der Waals surface area (Å²) in [7, 11) is 0. The number of rotatable bonds is 7. The Labute approximate surface area is 208 Å². The van der Waals surface area contributed by atoms with Crippen molar-refractivity contribution in [2.75, 3.05) is 6.61 Å². The summed E-state index contributed by atoms with van der Waals surface area (Å²) >= 11 is 8.09. The van der Waals surface area contributed by atoms with Gasteiger partial charge in [0.15, 0.2) is 5.17 Å². The summed E-state index contributed by atoms with van der Waals surface area (Å²) in [5.74, 6) is -0.562. The molecule has 1 amide bonds. The molecule has 0 saturated carbocycles. The van der Waals surface area contributed by atoms with Crippen LogP contribution in [0.25, 0.3) is 5.70 Å². The second kappa shape index (κ2) is 10.5. The number of hydrogen-bond donors (Lipinski definition) is 1. The molecule has 6 nitrogen and oxygen atoms in total. The number of fused-ring (bicyclic) bond motifs is 1. The second-order valence-corrected chi connectivity index (χ2v) is 9.41. The van der Waals surface area contributed by atoms with Crippen LogP contribution in [0.5, 0.6) is 0 Å². The fourth-order valence-electron chi connectivity index (χ4n) is 4.02. The maximum atomic E-state index is 13.4. The second-order valence-electron chi connectivity index (χ2n) is 8.16. The number of thioether (sulfide) groups is 1. The van der Waals surface area contributed by atoms with Crippen molar-refractivity contribution in [1.82, 2.24) is 10.2 Å². The quantitative estimate of drug-likeness (QED) is 0.511. The lowest BCUT2D eigenvalue weighted by Crippen LogP contribution is -2.39. The Morgan fingerprint density at radius 3 is 2.53 bits per heavy atom. The van der Waals surface area contributed by atoms with Crippen molar-refractivity contribution in [3.05, 3.63) is 87.4 Å². The molecule has 0 aromatic heterocycles. The van der Waals surface area contributed by atoms with Crippen LogP contribution in [0.3, 0.4) is 0 Å². The summed E-state index contributed by atoms with van der Waals surface area (Å²) in [5.41, 5.74) is 3.24. The third kappa shape index (κ3) is 4.91. The Bertz CT molecular complexity index is 1190. The van der Waals surface area contributed by atoms with E-state index in [-0.39, 0.29) is 25.0 Å². The summed E-state index contributed by atoms with van der Waals surface area (Å²) in [5, 5.41) is 6.05. The molecule has 0 unspecified atom stereocenters. The third-order valence-electron chi connectivity index (χ3n) is 5.34. The van der Waals surface area contributed by atoms with Crippen LogP contribution >= 0.6 is 23.4 Å². The molecule has 0 radical (unpaired) electrons. The fraction of sp³-hybridized carbons (Fsp3) is 0.269. The van der Waals surface area contributed by atoms with Crippen molar-refractivity contribution in [2.45, 2.75) is 39.3 Å². The maximum Gasteiger partial charge on any atom is 0.338 e. The zero-order valence-corrected chi connectivity index (χ0v) is 20.8. The number of aliphatic imine (C=N–C) groups is 1. The molecule has 0 bridgehead atoms. The molecule has 1 atom stereocenters. The number of ether oxygens (including phenoxy) is 1. The van der Waals surface area contributed by atoms with Crippen LogP contribution < -0.4 is 5.32 Å². The lowest BCUT2D eigenvalue weighted by Gasteiger charge is -2.37. The van der Waals surface area contributed by atoms with Gasteiger partial charge < -0.3 is 15.0 Å². The molecule has 2 aliphatic heterocycles. The largest absolute Gasteiger partial charge is 0.463 e. The Morgan fingerprint density at radius 1 is 1.15 bits per heavy atom. The van der Waals surface area contributed by atoms with Gasteiger partial charge in [-0.15, -0.1) is 0 Å². The van der Waals surface area contributed by atoms with Crippen molar-refractivity contribution in [3.63, 3.8) is 0 Å². The van der Waals surface area contributed by atoms with Gasteiger partial charge in [0.05, 0.1) is 30.3 Å². The highest BCUT2D eigenvalue weighted by Gasteiger charge is 2.43. The number of carbonyl (C=O) groups is 2. The van der Waals surface area contributed by atoms with E-state index in [0.717, 1.165) is 16.8 Å². The van der Waals surface area contributed by atoms with E-state index in [1.165, 1.54) is 11.8 Å². The minimum atomic E-state index is -0.594. The number of amides is 1. The Morgan fingerprint density at radius 2 is 1.85 bits per heavy atom. The van der Waals surface area contributed by atoms with Crippen molar-refractivity contribution in [1.29, 1.82) is 0 Å². The van der Waals surface area contributed by atoms with Gasteiger partial charge in [-0.05, 0) is 37.8 Å². The van der Waals surface area contributed by atoms with Gasteiger partial charge in [0.2, 0.25) is 5.91 Å². The fourth-order valence-corrected chi connectivity index (χ4v) is 5.17. The van der Waals surface area contributed by atoms with Crippen LogP contribution in [0, 0.1) is 0 Å². The van der Waals surface area contributed by atoms with Gasteiger partial charge >= 0.3 is 5.97 Å². The van der Waals surface area contributed by atoms with Crippen LogP contribution in [0.4, 0.5) is 0 Å². The van der Waals surface area contributed by atoms with Crippen LogP contribution in [0.15, 0.2) is 76.3 Å². The minimum Gasteiger partial charge on any atom is -0.463 e. The molecule has 4 rings (SSSR count). The van der Waals surface area contributed by atoms with Crippen molar-refractivity contribution >= 4 is 46.1 Å². The van der Waals surface area contributed by atoms with E-state index in [1.807, 2.05) is 72.7 Å². The van der Waals surface area contributed by atoms with Crippen LogP contribution in [0.2, 0.25) is 5.02 Å². The van der Waals surface area contributed by atoms with Crippen LogP contribution in [-0.4, -0.2) is 34.6 Å². The molecule has 8 heteroatoms. The van der Waals surface area contributed by atoms with Crippen molar-refractivity contribution in [2.24, 2.45) is 4.99 Å². The summed E-state index contributed by atoms with van der Waals surface area (Å²) in [6, 6.07) is 16.4. The van der Waals surface area contributed by atoms with E-state index in [2.05, 4.69) is 5.32 Å². The zero-order chi connectivity index (χ0) is 24.2. The molecular formula is C26H26ClN3O3S. The number of carbonyl (C=O) groups excluding carboxylic acids is 2. The highest BCUT2D eigenvalue weighted by Crippen LogP contribution is 2.48. The highest BCUT2D eigenvalue weighted by atomic mass is 35.5. The lowest BCUT2D eigenvalue weighted by molar-refractivity contribution is -0.139. The summed E-state index contributed by atoms with van der Waals surface area (Å²) in [4.78, 5) is 32.9. The van der Waals surface area contributed by atoms with E-state index in [4.69, 9.17) is 21.3 Å². The molecule has 34 heavy (non-hydrogen) atoms. The standard InChI is InChI=1S/C26H26ClN3O3S/c1-4-33-25(32)22-23(17-10-6-5-7-11-17)29-26-30(24(22)19-12-8-9-13-20(19)27)18(15-34-26)14-21(31)28-16(2)3/h5-13,15-16,24H,4,14H2,1-3H3,(H,28,31)/t24-/m1/s1. The topological polar surface area (TPSA) is 71.0 Å². The lowest BCUT2D eigenvalue weighted by atomic mass is 9.91. The van der Waals surface area contributed by atoms with E-state index in [0.29, 0.717) is 21.5 Å². The van der Waals surface area contributed by atoms with Gasteiger partial charge in [-0.2, -0.15) is 0 Å². The minimum absolute atomic E-state index is 0.0238. The van der Waals surface area contributed by atoms with Gasteiger partial charge in [-0.1, -0.05) is 71.9 Å². The predicted octanol–water partition coefficient (Wildman–Crippen LogP) is 5.53. The molecule has 1 N–H and O–H groups in total. The number of hydrogen-bond acceptors (Lipinski definition) is 6. The predicted molar refractivity (Wildman–Crippen MR) is 137 cm³/mol. The molecule has 2 aromatic carbocycles. The summed E-state index contributed by atoms with van der Waals surface area (Å²) < 4.78 is 5.50. The normalized spacial score (nSPS) is 17.3. The van der Waals surface area contributed by atoms with Gasteiger partial charge in [0.1, 0.15) is 0 Å². The Kier molecular flexibility index (Phi) is 7.44. The molecular weight excluding hydrogens is 470 g/mol. The molecule has 0 spiro atoms. The van der Waals surface area contributed by atoms with Gasteiger partial charge in [-0.3, -0.25) is 4.79 Å². The smallest absolute Gasteiger partial charge is 0.338 e. The number of nitrogens with zero attached hydrogens (tertiary/aromatic N) is 2. The molecule has 176 valence electrons. The average Bonchev–Trinajstić information content (AvgIpc) is 3.20. The van der Waals surface area contributed by atoms with Crippen molar-refractivity contribution in [3.8, 4) is 0 Å². The average molecular weight is 496 g/mol. The summed E-state index contributed by atoms with van der Waals surface area (Å²) in [6.45, 7) is 5.84. The number of esters is 1. The van der Waals surface area contributed by atoms with E-state index < -0.39 is 12.0 Å². The number of nitrogens with one attached hydrogen (secondary N) is 1. The highest BCUT2D eigenvalue weighted by molar-refractivity contribution is 8.16. The van der Waals surface area contributed by atoms with E-state index in [1.54, 1.807) is 13.0 Å². The van der Waals surface area contributed by atoms with E-state index in [9.17, 15) is 9.59 Å². The Balaban J connectivity index is 1.89. The van der Waals surface area contributed by atoms with E-state index >= 15 is 0 Å². The molecule has 0 saturated heterocycles. The molecule has 2 aliphatic rings. The van der Waals surface area contributed by atoms with Crippen LogP contribution in [-0.2, 0) is 14.3 Å². The van der Waals surface area contributed by atoms with Gasteiger partial charge in [0.25, 0.3) is 0 Å². The first-order valence-electron chi connectivity index (χ1n) is 11.1. The first-order chi connectivity index (χ1) is 16.4. The number of benzene rings is 2. The number of halogens is 1. The first-order valence-corrected chi connectivity index (χ1v) is 12.4. The number of amidine groups is 1. The first kappa shape index (κ1) is 24.1. The maximum absolute atomic E-state index is 13.4. The van der Waals surface area contributed by atoms with Crippen LogP contribution in [0.1, 0.15) is 44.4 Å². The zero-order valence-electron chi connectivity index (χ0n) is 19.2. The van der Waals surface area contributed by atoms with Gasteiger partial charge in [0, 0.05) is 22.3 Å². The van der Waals surface area contributed by atoms with Crippen molar-refractivity contribution < 1.29 is 14.3 Å². The third-order valence-corrected chi connectivity index (χ3v) is 6.58. The summed E-state index contributed by atoms with van der Waals surface area (Å²) in [6.07, 6.45) is 0.155. The molecule has 2 aromatic rings. The monoisotopic (exact) mass is 495 g/mol. The SMILES string of the molecule is CCOC(=O)C1=C(c2ccccc2)N=C2SC=C(CC(=O)NC(C)C)N2[C@@H]1c1ccccc1Cl.